The van der Waals surface area contributed by atoms with Crippen molar-refractivity contribution in [2.75, 3.05) is 13.7 Å². The van der Waals surface area contributed by atoms with Gasteiger partial charge in [0.25, 0.3) is 11.5 Å². The smallest absolute Gasteiger partial charge is 0.269 e. The molecule has 0 aliphatic carbocycles. The minimum absolute atomic E-state index is 0.0552. The van der Waals surface area contributed by atoms with Gasteiger partial charge in [-0.3, -0.25) is 14.2 Å². The Kier molecular flexibility index (Phi) is 4.07. The van der Waals surface area contributed by atoms with E-state index in [2.05, 4.69) is 5.32 Å². The van der Waals surface area contributed by atoms with Crippen LogP contribution in [0, 0.1) is 0 Å². The van der Waals surface area contributed by atoms with Crippen molar-refractivity contribution in [3.63, 3.8) is 0 Å². The zero-order chi connectivity index (χ0) is 12.1. The number of aromatic hydroxyl groups is 1. The van der Waals surface area contributed by atoms with Gasteiger partial charge < -0.3 is 15.2 Å². The van der Waals surface area contributed by atoms with E-state index in [4.69, 9.17) is 4.74 Å². The molecule has 0 unspecified atom stereocenters. The number of amides is 1. The first kappa shape index (κ1) is 12.3. The lowest BCUT2D eigenvalue weighted by molar-refractivity contribution is 0.0841. The van der Waals surface area contributed by atoms with Gasteiger partial charge in [-0.2, -0.15) is 0 Å². The number of rotatable bonds is 4. The van der Waals surface area contributed by atoms with Gasteiger partial charge in [0.1, 0.15) is 18.0 Å². The summed E-state index contributed by atoms with van der Waals surface area (Å²) < 4.78 is 6.27. The third-order valence-electron chi connectivity index (χ3n) is 2.03. The molecule has 1 rings (SSSR count). The molecule has 2 N–H and O–H groups in total. The van der Waals surface area contributed by atoms with Crippen LogP contribution in [0.2, 0.25) is 0 Å². The Bertz CT molecular complexity index is 439. The number of nitrogens with one attached hydrogen (secondary N) is 1. The maximum absolute atomic E-state index is 11.8. The maximum atomic E-state index is 11.8. The zero-order valence-corrected chi connectivity index (χ0v) is 9.19. The Hall–Kier alpha value is -1.82. The SMILES string of the molecule is CCOCn1ccc(O)c(C(=O)NC)c1=O. The summed E-state index contributed by atoms with van der Waals surface area (Å²) >= 11 is 0. The van der Waals surface area contributed by atoms with E-state index in [1.54, 1.807) is 6.92 Å². The summed E-state index contributed by atoms with van der Waals surface area (Å²) in [4.78, 5) is 23.1. The summed E-state index contributed by atoms with van der Waals surface area (Å²) in [5.41, 5.74) is -0.850. The first-order chi connectivity index (χ1) is 7.61. The molecule has 0 aromatic carbocycles. The largest absolute Gasteiger partial charge is 0.507 e. The predicted molar refractivity (Wildman–Crippen MR) is 57.4 cm³/mol. The van der Waals surface area contributed by atoms with Crippen LogP contribution in [0.4, 0.5) is 0 Å². The Morgan fingerprint density at radius 3 is 2.88 bits per heavy atom. The van der Waals surface area contributed by atoms with Gasteiger partial charge in [0, 0.05) is 19.9 Å². The number of carbonyl (C=O) groups excluding carboxylic acids is 1. The lowest BCUT2D eigenvalue weighted by Crippen LogP contribution is -2.31. The number of hydrogen-bond donors (Lipinski definition) is 2. The Balaban J connectivity index is 3.17. The molecule has 0 bridgehead atoms. The van der Waals surface area contributed by atoms with Crippen LogP contribution in [0.25, 0.3) is 0 Å². The lowest BCUT2D eigenvalue weighted by Gasteiger charge is -2.08. The van der Waals surface area contributed by atoms with Crippen molar-refractivity contribution in [2.24, 2.45) is 0 Å². The van der Waals surface area contributed by atoms with E-state index < -0.39 is 11.5 Å². The van der Waals surface area contributed by atoms with Gasteiger partial charge in [0.15, 0.2) is 0 Å². The molecule has 0 spiro atoms. The highest BCUT2D eigenvalue weighted by Gasteiger charge is 2.16. The van der Waals surface area contributed by atoms with E-state index in [-0.39, 0.29) is 18.0 Å². The first-order valence-electron chi connectivity index (χ1n) is 4.84. The molecular weight excluding hydrogens is 212 g/mol. The van der Waals surface area contributed by atoms with Gasteiger partial charge in [0.2, 0.25) is 0 Å². The molecule has 0 fully saturated rings. The van der Waals surface area contributed by atoms with E-state index in [0.29, 0.717) is 6.61 Å². The van der Waals surface area contributed by atoms with E-state index in [1.165, 1.54) is 23.9 Å². The van der Waals surface area contributed by atoms with Crippen molar-refractivity contribution in [1.82, 2.24) is 9.88 Å². The predicted octanol–water partition coefficient (Wildman–Crippen LogP) is -0.0925. The first-order valence-corrected chi connectivity index (χ1v) is 4.84. The minimum Gasteiger partial charge on any atom is -0.507 e. The average molecular weight is 226 g/mol. The highest BCUT2D eigenvalue weighted by atomic mass is 16.5. The topological polar surface area (TPSA) is 80.6 Å². The van der Waals surface area contributed by atoms with Crippen LogP contribution < -0.4 is 10.9 Å². The molecule has 0 atom stereocenters. The van der Waals surface area contributed by atoms with Crippen LogP contribution in [-0.4, -0.2) is 29.2 Å². The summed E-state index contributed by atoms with van der Waals surface area (Å²) in [5.74, 6) is -0.953. The molecule has 1 heterocycles. The average Bonchev–Trinajstić information content (AvgIpc) is 2.28. The molecule has 0 aliphatic rings. The van der Waals surface area contributed by atoms with Crippen LogP contribution in [-0.2, 0) is 11.5 Å². The summed E-state index contributed by atoms with van der Waals surface area (Å²) in [6, 6.07) is 1.28. The summed E-state index contributed by atoms with van der Waals surface area (Å²) in [6.45, 7) is 2.31. The van der Waals surface area contributed by atoms with Gasteiger partial charge in [-0.05, 0) is 13.0 Å². The van der Waals surface area contributed by atoms with E-state index >= 15 is 0 Å². The molecule has 6 heteroatoms. The Labute approximate surface area is 92.5 Å². The maximum Gasteiger partial charge on any atom is 0.269 e. The molecule has 0 saturated heterocycles. The number of pyridine rings is 1. The standard InChI is InChI=1S/C10H14N2O4/c1-3-16-6-12-5-4-7(13)8(10(12)15)9(14)11-2/h4-5,13H,3,6H2,1-2H3,(H,11,14). The van der Waals surface area contributed by atoms with Crippen molar-refractivity contribution in [3.8, 4) is 5.75 Å². The monoisotopic (exact) mass is 226 g/mol. The van der Waals surface area contributed by atoms with Crippen LogP contribution in [0.5, 0.6) is 5.75 Å². The van der Waals surface area contributed by atoms with Gasteiger partial charge in [-0.25, -0.2) is 0 Å². The highest BCUT2D eigenvalue weighted by Crippen LogP contribution is 2.10. The van der Waals surface area contributed by atoms with Crippen LogP contribution in [0.1, 0.15) is 17.3 Å². The molecular formula is C10H14N2O4. The number of ether oxygens (including phenoxy) is 1. The fourth-order valence-electron chi connectivity index (χ4n) is 1.19. The normalized spacial score (nSPS) is 10.1. The van der Waals surface area contributed by atoms with E-state index in [1.807, 2.05) is 0 Å². The lowest BCUT2D eigenvalue weighted by atomic mass is 10.2. The minimum atomic E-state index is -0.617. The van der Waals surface area contributed by atoms with Crippen molar-refractivity contribution in [2.45, 2.75) is 13.7 Å². The van der Waals surface area contributed by atoms with Gasteiger partial charge in [-0.15, -0.1) is 0 Å². The molecule has 1 aromatic heterocycles. The van der Waals surface area contributed by atoms with Crippen LogP contribution in [0.15, 0.2) is 17.1 Å². The number of carbonyl (C=O) groups is 1. The molecule has 1 amide bonds. The molecule has 0 saturated carbocycles. The summed E-state index contributed by atoms with van der Waals surface area (Å²) in [7, 11) is 1.39. The van der Waals surface area contributed by atoms with E-state index in [9.17, 15) is 14.7 Å². The van der Waals surface area contributed by atoms with Crippen molar-refractivity contribution >= 4 is 5.91 Å². The molecule has 0 radical (unpaired) electrons. The zero-order valence-electron chi connectivity index (χ0n) is 9.19. The fourth-order valence-corrected chi connectivity index (χ4v) is 1.19. The number of hydrogen-bond acceptors (Lipinski definition) is 4. The molecule has 16 heavy (non-hydrogen) atoms. The van der Waals surface area contributed by atoms with E-state index in [0.717, 1.165) is 0 Å². The number of nitrogens with zero attached hydrogens (tertiary/aromatic N) is 1. The summed E-state index contributed by atoms with van der Waals surface area (Å²) in [5, 5.41) is 11.7. The highest BCUT2D eigenvalue weighted by molar-refractivity contribution is 5.96. The quantitative estimate of drug-likeness (QED) is 0.751. The number of aromatic nitrogens is 1. The molecule has 0 aliphatic heterocycles. The van der Waals surface area contributed by atoms with Gasteiger partial charge >= 0.3 is 0 Å². The Morgan fingerprint density at radius 1 is 1.62 bits per heavy atom. The van der Waals surface area contributed by atoms with Crippen LogP contribution in [0.3, 0.4) is 0 Å². The van der Waals surface area contributed by atoms with Gasteiger partial charge in [-0.1, -0.05) is 0 Å². The Morgan fingerprint density at radius 2 is 2.31 bits per heavy atom. The van der Waals surface area contributed by atoms with Crippen molar-refractivity contribution in [1.29, 1.82) is 0 Å². The summed E-state index contributed by atoms with van der Waals surface area (Å²) in [6.07, 6.45) is 1.37. The van der Waals surface area contributed by atoms with Gasteiger partial charge in [0.05, 0.1) is 0 Å². The van der Waals surface area contributed by atoms with Crippen molar-refractivity contribution in [3.05, 3.63) is 28.2 Å². The van der Waals surface area contributed by atoms with Crippen molar-refractivity contribution < 1.29 is 14.6 Å². The third-order valence-corrected chi connectivity index (χ3v) is 2.03. The van der Waals surface area contributed by atoms with Crippen LogP contribution >= 0.6 is 0 Å². The third kappa shape index (κ3) is 2.40. The second-order valence-electron chi connectivity index (χ2n) is 3.05. The molecule has 88 valence electrons. The molecule has 6 nitrogen and oxygen atoms in total. The molecule has 1 aromatic rings. The second-order valence-corrected chi connectivity index (χ2v) is 3.05. The fraction of sp³-hybridized carbons (Fsp3) is 0.400. The second kappa shape index (κ2) is 5.32.